The monoisotopic (exact) mass is 476 g/mol. The van der Waals surface area contributed by atoms with Crippen LogP contribution in [-0.2, 0) is 19.4 Å². The average Bonchev–Trinajstić information content (AvgIpc) is 3.15. The molecule has 2 aromatic heterocycles. The Morgan fingerprint density at radius 1 is 1.28 bits per heavy atom. The average molecular weight is 476 g/mol. The Kier molecular flexibility index (Phi) is 10.0. The van der Waals surface area contributed by atoms with E-state index in [0.29, 0.717) is 0 Å². The van der Waals surface area contributed by atoms with Gasteiger partial charge < -0.3 is 10.6 Å². The lowest BCUT2D eigenvalue weighted by Gasteiger charge is -2.11. The van der Waals surface area contributed by atoms with Gasteiger partial charge in [-0.3, -0.25) is 9.67 Å². The molecule has 0 fully saturated rings. The van der Waals surface area contributed by atoms with Gasteiger partial charge in [0.1, 0.15) is 0 Å². The molecular formula is C17H29IN6S. The SMILES string of the molecule is CCc1nc(CCNC(=NC)NCCCn2nc(C)cc2C)cs1.I. The molecule has 0 aliphatic carbocycles. The molecule has 0 spiro atoms. The standard InChI is InChI=1S/C17H28N6S.HI/c1-5-16-21-15(12-24-16)7-9-20-17(18-4)19-8-6-10-23-14(3)11-13(2)22-23;/h11-12H,5-10H2,1-4H3,(H2,18,19,20);1H. The fourth-order valence-electron chi connectivity index (χ4n) is 2.49. The molecule has 0 atom stereocenters. The first kappa shape index (κ1) is 21.9. The van der Waals surface area contributed by atoms with Crippen molar-refractivity contribution in [2.45, 2.75) is 46.6 Å². The number of aliphatic imine (C=N–C) groups is 1. The zero-order chi connectivity index (χ0) is 17.4. The lowest BCUT2D eigenvalue weighted by molar-refractivity contribution is 0.555. The maximum absolute atomic E-state index is 4.58. The number of nitrogens with zero attached hydrogens (tertiary/aromatic N) is 4. The Bertz CT molecular complexity index is 664. The van der Waals surface area contributed by atoms with Crippen molar-refractivity contribution in [3.8, 4) is 0 Å². The second-order valence-corrected chi connectivity index (χ2v) is 6.71. The van der Waals surface area contributed by atoms with Crippen LogP contribution in [0, 0.1) is 13.8 Å². The first-order chi connectivity index (χ1) is 11.6. The van der Waals surface area contributed by atoms with Crippen molar-refractivity contribution in [2.24, 2.45) is 4.99 Å². The van der Waals surface area contributed by atoms with Crippen LogP contribution in [0.3, 0.4) is 0 Å². The van der Waals surface area contributed by atoms with Crippen LogP contribution in [0.15, 0.2) is 16.4 Å². The molecule has 2 N–H and O–H groups in total. The normalized spacial score (nSPS) is 11.3. The summed E-state index contributed by atoms with van der Waals surface area (Å²) in [6.07, 6.45) is 2.94. The van der Waals surface area contributed by atoms with Crippen LogP contribution >= 0.6 is 35.3 Å². The Morgan fingerprint density at radius 3 is 2.64 bits per heavy atom. The molecule has 0 aliphatic rings. The van der Waals surface area contributed by atoms with E-state index in [1.54, 1.807) is 18.4 Å². The number of guanidine groups is 1. The number of hydrogen-bond donors (Lipinski definition) is 2. The highest BCUT2D eigenvalue weighted by Gasteiger charge is 2.03. The van der Waals surface area contributed by atoms with Crippen molar-refractivity contribution < 1.29 is 0 Å². The van der Waals surface area contributed by atoms with Crippen LogP contribution < -0.4 is 10.6 Å². The summed E-state index contributed by atoms with van der Waals surface area (Å²) in [5, 5.41) is 14.5. The minimum absolute atomic E-state index is 0. The molecule has 140 valence electrons. The Morgan fingerprint density at radius 2 is 2.04 bits per heavy atom. The minimum Gasteiger partial charge on any atom is -0.356 e. The van der Waals surface area contributed by atoms with E-state index in [1.807, 2.05) is 6.92 Å². The molecule has 0 aliphatic heterocycles. The number of nitrogens with one attached hydrogen (secondary N) is 2. The molecule has 0 radical (unpaired) electrons. The number of hydrogen-bond acceptors (Lipinski definition) is 4. The van der Waals surface area contributed by atoms with E-state index in [-0.39, 0.29) is 24.0 Å². The Labute approximate surface area is 171 Å². The van der Waals surface area contributed by atoms with Crippen molar-refractivity contribution in [3.05, 3.63) is 33.5 Å². The van der Waals surface area contributed by atoms with E-state index in [1.165, 1.54) is 10.7 Å². The topological polar surface area (TPSA) is 67.1 Å². The highest BCUT2D eigenvalue weighted by atomic mass is 127. The lowest BCUT2D eigenvalue weighted by Crippen LogP contribution is -2.39. The van der Waals surface area contributed by atoms with Gasteiger partial charge in [0.15, 0.2) is 5.96 Å². The van der Waals surface area contributed by atoms with E-state index in [0.717, 1.165) is 56.2 Å². The van der Waals surface area contributed by atoms with Gasteiger partial charge in [-0.25, -0.2) is 4.98 Å². The molecule has 0 aromatic carbocycles. The molecule has 0 bridgehead atoms. The lowest BCUT2D eigenvalue weighted by atomic mass is 10.3. The van der Waals surface area contributed by atoms with Crippen molar-refractivity contribution in [2.75, 3.05) is 20.1 Å². The summed E-state index contributed by atoms with van der Waals surface area (Å²) < 4.78 is 2.06. The molecule has 0 saturated carbocycles. The zero-order valence-electron chi connectivity index (χ0n) is 15.5. The summed E-state index contributed by atoms with van der Waals surface area (Å²) >= 11 is 1.74. The van der Waals surface area contributed by atoms with Gasteiger partial charge in [-0.1, -0.05) is 6.92 Å². The van der Waals surface area contributed by atoms with Gasteiger partial charge in [0, 0.05) is 44.2 Å². The fraction of sp³-hybridized carbons (Fsp3) is 0.588. The van der Waals surface area contributed by atoms with Crippen molar-refractivity contribution in [1.29, 1.82) is 0 Å². The van der Waals surface area contributed by atoms with Crippen molar-refractivity contribution in [1.82, 2.24) is 25.4 Å². The minimum atomic E-state index is 0. The van der Waals surface area contributed by atoms with Crippen molar-refractivity contribution >= 4 is 41.3 Å². The molecule has 0 amide bonds. The Hall–Kier alpha value is -1.16. The molecule has 25 heavy (non-hydrogen) atoms. The van der Waals surface area contributed by atoms with Crippen LogP contribution in [-0.4, -0.2) is 40.9 Å². The highest BCUT2D eigenvalue weighted by molar-refractivity contribution is 14.0. The van der Waals surface area contributed by atoms with E-state index in [2.05, 4.69) is 55.7 Å². The van der Waals surface area contributed by atoms with Gasteiger partial charge in [-0.2, -0.15) is 5.10 Å². The van der Waals surface area contributed by atoms with Gasteiger partial charge >= 0.3 is 0 Å². The van der Waals surface area contributed by atoms with E-state index in [4.69, 9.17) is 0 Å². The number of thiazole rings is 1. The van der Waals surface area contributed by atoms with E-state index in [9.17, 15) is 0 Å². The van der Waals surface area contributed by atoms with Crippen LogP contribution in [0.5, 0.6) is 0 Å². The second kappa shape index (κ2) is 11.5. The third-order valence-corrected chi connectivity index (χ3v) is 4.78. The van der Waals surface area contributed by atoms with Gasteiger partial charge in [-0.15, -0.1) is 35.3 Å². The largest absolute Gasteiger partial charge is 0.356 e. The van der Waals surface area contributed by atoms with E-state index >= 15 is 0 Å². The third-order valence-electron chi connectivity index (χ3n) is 3.74. The number of rotatable bonds is 8. The first-order valence-corrected chi connectivity index (χ1v) is 9.39. The first-order valence-electron chi connectivity index (χ1n) is 8.51. The maximum Gasteiger partial charge on any atom is 0.190 e. The van der Waals surface area contributed by atoms with Crippen molar-refractivity contribution in [3.63, 3.8) is 0 Å². The molecule has 0 saturated heterocycles. The van der Waals surface area contributed by atoms with Crippen LogP contribution in [0.1, 0.15) is 35.4 Å². The predicted octanol–water partition coefficient (Wildman–Crippen LogP) is 2.93. The summed E-state index contributed by atoms with van der Waals surface area (Å²) in [6.45, 7) is 8.88. The molecule has 6 nitrogen and oxygen atoms in total. The molecular weight excluding hydrogens is 447 g/mol. The maximum atomic E-state index is 4.58. The Balaban J connectivity index is 0.00000312. The number of aryl methyl sites for hydroxylation is 4. The van der Waals surface area contributed by atoms with Crippen LogP contribution in [0.2, 0.25) is 0 Å². The number of aromatic nitrogens is 3. The predicted molar refractivity (Wildman–Crippen MR) is 116 cm³/mol. The van der Waals surface area contributed by atoms with Gasteiger partial charge in [0.2, 0.25) is 0 Å². The highest BCUT2D eigenvalue weighted by Crippen LogP contribution is 2.10. The van der Waals surface area contributed by atoms with Crippen LogP contribution in [0.25, 0.3) is 0 Å². The fourth-order valence-corrected chi connectivity index (χ4v) is 3.27. The zero-order valence-corrected chi connectivity index (χ0v) is 18.6. The van der Waals surface area contributed by atoms with Gasteiger partial charge in [0.25, 0.3) is 0 Å². The number of halogens is 1. The van der Waals surface area contributed by atoms with Gasteiger partial charge in [-0.05, 0) is 32.8 Å². The summed E-state index contributed by atoms with van der Waals surface area (Å²) in [6, 6.07) is 2.11. The van der Waals surface area contributed by atoms with Crippen LogP contribution in [0.4, 0.5) is 0 Å². The van der Waals surface area contributed by atoms with E-state index < -0.39 is 0 Å². The summed E-state index contributed by atoms with van der Waals surface area (Å²) in [7, 11) is 1.80. The molecule has 2 heterocycles. The molecule has 0 unspecified atom stereocenters. The smallest absolute Gasteiger partial charge is 0.190 e. The van der Waals surface area contributed by atoms with Gasteiger partial charge in [0.05, 0.1) is 16.4 Å². The third kappa shape index (κ3) is 7.31. The summed E-state index contributed by atoms with van der Waals surface area (Å²) in [4.78, 5) is 8.84. The summed E-state index contributed by atoms with van der Waals surface area (Å²) in [5.41, 5.74) is 3.44. The summed E-state index contributed by atoms with van der Waals surface area (Å²) in [5.74, 6) is 0.842. The molecule has 2 aromatic rings. The quantitative estimate of drug-likeness (QED) is 0.266. The molecule has 2 rings (SSSR count). The second-order valence-electron chi connectivity index (χ2n) is 5.77. The molecule has 8 heteroatoms.